The van der Waals surface area contributed by atoms with Gasteiger partial charge in [0.2, 0.25) is 0 Å². The first-order chi connectivity index (χ1) is 24.8. The second kappa shape index (κ2) is 14.4. The zero-order chi connectivity index (χ0) is 35.5. The topological polar surface area (TPSA) is 80.8 Å². The molecule has 6 aromatic rings. The van der Waals surface area contributed by atoms with Crippen LogP contribution in [0.3, 0.4) is 0 Å². The van der Waals surface area contributed by atoms with Gasteiger partial charge in [0, 0.05) is 9.75 Å². The fourth-order valence-electron chi connectivity index (χ4n) is 6.31. The maximum absolute atomic E-state index is 13.3. The van der Waals surface area contributed by atoms with E-state index in [2.05, 4.69) is 10.9 Å². The lowest BCUT2D eigenvalue weighted by molar-refractivity contribution is 0.0730. The van der Waals surface area contributed by atoms with Crippen molar-refractivity contribution in [3.05, 3.63) is 157 Å². The highest BCUT2D eigenvalue weighted by Gasteiger charge is 2.26. The average molecular weight is 703 g/mol. The van der Waals surface area contributed by atoms with E-state index in [0.717, 1.165) is 62.4 Å². The third-order valence-corrected chi connectivity index (χ3v) is 11.0. The Hall–Kier alpha value is -6.06. The molecule has 6 nitrogen and oxygen atoms in total. The van der Waals surface area contributed by atoms with Crippen molar-refractivity contribution in [3.8, 4) is 39.8 Å². The van der Waals surface area contributed by atoms with Crippen LogP contribution in [0.2, 0.25) is 0 Å². The molecule has 0 amide bonds. The highest BCUT2D eigenvalue weighted by atomic mass is 32.1. The Balaban J connectivity index is 1.05. The molecule has 0 radical (unpaired) electrons. The van der Waals surface area contributed by atoms with E-state index in [0.29, 0.717) is 32.5 Å². The van der Waals surface area contributed by atoms with Gasteiger partial charge in [0.15, 0.2) is 5.69 Å². The molecule has 0 atom stereocenters. The van der Waals surface area contributed by atoms with Crippen molar-refractivity contribution in [3.63, 3.8) is 0 Å². The predicted molar refractivity (Wildman–Crippen MR) is 203 cm³/mol. The molecule has 0 bridgehead atoms. The number of ether oxygens (including phenoxy) is 2. The number of hydrogen-bond acceptors (Lipinski definition) is 7. The minimum atomic E-state index is -0.400. The number of esters is 2. The number of thiophene rings is 2. The number of hydrogen-bond donors (Lipinski definition) is 0. The zero-order valence-corrected chi connectivity index (χ0v) is 29.5. The van der Waals surface area contributed by atoms with Gasteiger partial charge in [-0.05, 0) is 126 Å². The summed E-state index contributed by atoms with van der Waals surface area (Å²) < 4.78 is 11.5. The number of nitrogens with zero attached hydrogens (tertiary/aromatic N) is 2. The Morgan fingerprint density at radius 1 is 0.647 bits per heavy atom. The third-order valence-electron chi connectivity index (χ3n) is 8.91. The van der Waals surface area contributed by atoms with Gasteiger partial charge in [-0.15, -0.1) is 22.7 Å². The molecule has 0 aliphatic heterocycles. The van der Waals surface area contributed by atoms with Crippen LogP contribution in [0.5, 0.6) is 11.5 Å². The standard InChI is InChI=1S/C43H30N2O4S2/c1-26-38(23-40(50-26)42(46)48-34-19-13-31(14-20-34)29-9-7-28(25-44)8-10-29)36-5-4-6-37(36)39-24-41(51-27(39)2)43(47)49-35-21-15-32(16-22-35)30-11-17-33(45-3)18-12-30/h7-24H,4-6H2,1-2H3. The average Bonchev–Trinajstić information content (AvgIpc) is 3.90. The monoisotopic (exact) mass is 702 g/mol. The van der Waals surface area contributed by atoms with Crippen LogP contribution < -0.4 is 9.47 Å². The van der Waals surface area contributed by atoms with Crippen molar-refractivity contribution in [1.82, 2.24) is 0 Å². The SMILES string of the molecule is [C-]#[N+]c1ccc(-c2ccc(OC(=O)c3cc(C4=C(c5cc(C(=O)Oc6ccc(-c7ccc(C#N)cc7)cc6)sc5C)CCC4)c(C)s3)cc2)cc1. The Labute approximate surface area is 304 Å². The second-order valence-corrected chi connectivity index (χ2v) is 14.7. The highest BCUT2D eigenvalue weighted by Crippen LogP contribution is 2.45. The lowest BCUT2D eigenvalue weighted by Crippen LogP contribution is -2.06. The molecular formula is C43H30N2O4S2. The summed E-state index contributed by atoms with van der Waals surface area (Å²) in [5, 5.41) is 9.05. The smallest absolute Gasteiger partial charge is 0.353 e. The molecular weight excluding hydrogens is 673 g/mol. The molecule has 7 rings (SSSR count). The first-order valence-electron chi connectivity index (χ1n) is 16.4. The minimum absolute atomic E-state index is 0.398. The van der Waals surface area contributed by atoms with Gasteiger partial charge in [0.25, 0.3) is 0 Å². The van der Waals surface area contributed by atoms with Gasteiger partial charge < -0.3 is 9.47 Å². The number of carbonyl (C=O) groups excluding carboxylic acids is 2. The molecule has 0 saturated heterocycles. The second-order valence-electron chi connectivity index (χ2n) is 12.1. The van der Waals surface area contributed by atoms with Crippen LogP contribution in [0.25, 0.3) is 38.2 Å². The number of carbonyl (C=O) groups is 2. The maximum atomic E-state index is 13.3. The van der Waals surface area contributed by atoms with Crippen LogP contribution in [0.15, 0.2) is 109 Å². The first-order valence-corrected chi connectivity index (χ1v) is 18.0. The van der Waals surface area contributed by atoms with Crippen LogP contribution >= 0.6 is 22.7 Å². The Bertz CT molecular complexity index is 2220. The highest BCUT2D eigenvalue weighted by molar-refractivity contribution is 7.14. The molecule has 1 aliphatic rings. The van der Waals surface area contributed by atoms with E-state index in [4.69, 9.17) is 21.3 Å². The van der Waals surface area contributed by atoms with E-state index in [-0.39, 0.29) is 0 Å². The summed E-state index contributed by atoms with van der Waals surface area (Å²) in [6.45, 7) is 11.2. The molecule has 0 spiro atoms. The summed E-state index contributed by atoms with van der Waals surface area (Å²) in [7, 11) is 0. The van der Waals surface area contributed by atoms with E-state index in [1.165, 1.54) is 33.8 Å². The van der Waals surface area contributed by atoms with Gasteiger partial charge in [-0.2, -0.15) is 5.26 Å². The fraction of sp³-hybridized carbons (Fsp3) is 0.116. The maximum Gasteiger partial charge on any atom is 0.353 e. The molecule has 248 valence electrons. The normalized spacial score (nSPS) is 12.3. The molecule has 4 aromatic carbocycles. The molecule has 2 heterocycles. The summed E-state index contributed by atoms with van der Waals surface area (Å²) in [6.07, 6.45) is 2.77. The van der Waals surface area contributed by atoms with Crippen LogP contribution in [-0.2, 0) is 0 Å². The third kappa shape index (κ3) is 7.15. The van der Waals surface area contributed by atoms with Crippen molar-refractivity contribution in [1.29, 1.82) is 5.26 Å². The van der Waals surface area contributed by atoms with Crippen LogP contribution in [0.1, 0.15) is 65.1 Å². The Morgan fingerprint density at radius 3 is 1.43 bits per heavy atom. The number of rotatable bonds is 8. The van der Waals surface area contributed by atoms with Crippen molar-refractivity contribution in [2.75, 3.05) is 0 Å². The summed E-state index contributed by atoms with van der Waals surface area (Å²) in [5.41, 5.74) is 9.59. The van der Waals surface area contributed by atoms with Gasteiger partial charge in [0.1, 0.15) is 21.3 Å². The lowest BCUT2D eigenvalue weighted by Gasteiger charge is -2.08. The molecule has 8 heteroatoms. The molecule has 0 unspecified atom stereocenters. The van der Waals surface area contributed by atoms with E-state index in [9.17, 15) is 9.59 Å². The summed E-state index contributed by atoms with van der Waals surface area (Å²) in [5.74, 6) is 0.126. The van der Waals surface area contributed by atoms with E-state index in [1.54, 1.807) is 48.5 Å². The number of allylic oxidation sites excluding steroid dienone is 2. The molecule has 0 fully saturated rings. The quantitative estimate of drug-likeness (QED) is 0.0896. The van der Waals surface area contributed by atoms with Gasteiger partial charge in [0.05, 0.1) is 18.2 Å². The number of nitriles is 1. The predicted octanol–water partition coefficient (Wildman–Crippen LogP) is 11.7. The van der Waals surface area contributed by atoms with Gasteiger partial charge >= 0.3 is 11.9 Å². The molecule has 1 aliphatic carbocycles. The molecule has 0 saturated carbocycles. The van der Waals surface area contributed by atoms with Crippen LogP contribution in [-0.4, -0.2) is 11.9 Å². The van der Waals surface area contributed by atoms with E-state index in [1.807, 2.05) is 74.5 Å². The van der Waals surface area contributed by atoms with Crippen molar-refractivity contribution < 1.29 is 19.1 Å². The van der Waals surface area contributed by atoms with Gasteiger partial charge in [-0.3, -0.25) is 0 Å². The van der Waals surface area contributed by atoms with Crippen molar-refractivity contribution in [2.45, 2.75) is 33.1 Å². The summed E-state index contributed by atoms with van der Waals surface area (Å²) in [4.78, 5) is 33.1. The Morgan fingerprint density at radius 2 is 1.04 bits per heavy atom. The van der Waals surface area contributed by atoms with E-state index < -0.39 is 11.9 Å². The first kappa shape index (κ1) is 33.4. The van der Waals surface area contributed by atoms with Crippen LogP contribution in [0.4, 0.5) is 5.69 Å². The van der Waals surface area contributed by atoms with Gasteiger partial charge in [-0.1, -0.05) is 60.7 Å². The molecule has 0 N–H and O–H groups in total. The number of benzene rings is 4. The zero-order valence-electron chi connectivity index (χ0n) is 27.9. The minimum Gasteiger partial charge on any atom is -0.422 e. The molecule has 51 heavy (non-hydrogen) atoms. The lowest BCUT2D eigenvalue weighted by atomic mass is 9.97. The van der Waals surface area contributed by atoms with Gasteiger partial charge in [-0.25, -0.2) is 14.4 Å². The summed E-state index contributed by atoms with van der Waals surface area (Å²) in [6, 6.07) is 35.4. The largest absolute Gasteiger partial charge is 0.422 e. The summed E-state index contributed by atoms with van der Waals surface area (Å²) >= 11 is 2.86. The van der Waals surface area contributed by atoms with E-state index >= 15 is 0 Å². The van der Waals surface area contributed by atoms with Crippen molar-refractivity contribution in [2.24, 2.45) is 0 Å². The fourth-order valence-corrected chi connectivity index (χ4v) is 8.16. The van der Waals surface area contributed by atoms with Crippen LogP contribution in [0, 0.1) is 31.8 Å². The molecule has 2 aromatic heterocycles. The van der Waals surface area contributed by atoms with Crippen molar-refractivity contribution >= 4 is 51.4 Å². The number of aryl methyl sites for hydroxylation is 2. The Kier molecular flexibility index (Phi) is 9.46.